The van der Waals surface area contributed by atoms with Gasteiger partial charge < -0.3 is 4.42 Å². The number of benzene rings is 2. The van der Waals surface area contributed by atoms with Crippen molar-refractivity contribution in [3.8, 4) is 11.3 Å². The van der Waals surface area contributed by atoms with Crippen LogP contribution in [-0.2, 0) is 7.05 Å². The molecule has 128 valence electrons. The molecule has 0 radical (unpaired) electrons. The predicted molar refractivity (Wildman–Crippen MR) is 105 cm³/mol. The van der Waals surface area contributed by atoms with Crippen LogP contribution in [0, 0.1) is 13.5 Å². The van der Waals surface area contributed by atoms with Gasteiger partial charge in [-0.05, 0) is 30.0 Å². The van der Waals surface area contributed by atoms with E-state index in [1.54, 1.807) is 18.2 Å². The van der Waals surface area contributed by atoms with E-state index in [4.69, 9.17) is 13.7 Å². The first-order valence-corrected chi connectivity index (χ1v) is 8.55. The van der Waals surface area contributed by atoms with Gasteiger partial charge in [-0.25, -0.2) is 9.41 Å². The Morgan fingerprint density at radius 3 is 2.65 bits per heavy atom. The van der Waals surface area contributed by atoms with Crippen LogP contribution in [0.3, 0.4) is 0 Å². The molecule has 0 amide bonds. The summed E-state index contributed by atoms with van der Waals surface area (Å²) in [5.41, 5.74) is 5.55. The first-order valence-electron chi connectivity index (χ1n) is 9.55. The van der Waals surface area contributed by atoms with Crippen molar-refractivity contribution in [1.82, 2.24) is 0 Å². The Labute approximate surface area is 156 Å². The summed E-state index contributed by atoms with van der Waals surface area (Å²) in [7, 11) is 1.86. The van der Waals surface area contributed by atoms with Crippen LogP contribution in [0.4, 0.5) is 5.69 Å². The van der Waals surface area contributed by atoms with E-state index < -0.39 is 5.89 Å². The molecule has 0 fully saturated rings. The molecule has 0 saturated carbocycles. The van der Waals surface area contributed by atoms with Crippen LogP contribution in [0.15, 0.2) is 53.1 Å². The lowest BCUT2D eigenvalue weighted by Crippen LogP contribution is -2.31. The summed E-state index contributed by atoms with van der Waals surface area (Å²) in [5, 5.41) is 1.95. The molecule has 4 aromatic rings. The number of pyridine rings is 1. The van der Waals surface area contributed by atoms with E-state index in [0.29, 0.717) is 17.4 Å². The average Bonchev–Trinajstić information content (AvgIpc) is 3.00. The molecule has 0 atom stereocenters. The van der Waals surface area contributed by atoms with Crippen molar-refractivity contribution in [3.05, 3.63) is 71.2 Å². The third-order valence-corrected chi connectivity index (χ3v) is 4.86. The van der Waals surface area contributed by atoms with Gasteiger partial charge >= 0.3 is 0 Å². The molecule has 0 spiro atoms. The molecule has 2 aromatic heterocycles. The Balaban J connectivity index is 2.11. The summed E-state index contributed by atoms with van der Waals surface area (Å²) in [6.07, 6.45) is 0.343. The number of fused-ring (bicyclic) bond motifs is 3. The first-order chi connectivity index (χ1) is 13.2. The molecule has 3 heteroatoms. The molecule has 0 aliphatic heterocycles. The molecule has 0 unspecified atom stereocenters. The van der Waals surface area contributed by atoms with Crippen molar-refractivity contribution in [1.29, 1.82) is 0 Å². The molecule has 2 heterocycles. The molecular formula is C23H21N2O+. The Kier molecular flexibility index (Phi) is 3.25. The monoisotopic (exact) mass is 343 g/mol. The van der Waals surface area contributed by atoms with Crippen LogP contribution in [0.2, 0.25) is 0 Å². The van der Waals surface area contributed by atoms with Gasteiger partial charge in [-0.3, -0.25) is 0 Å². The lowest BCUT2D eigenvalue weighted by atomic mass is 9.97. The van der Waals surface area contributed by atoms with E-state index in [1.165, 1.54) is 0 Å². The van der Waals surface area contributed by atoms with Crippen molar-refractivity contribution < 1.29 is 11.7 Å². The molecule has 2 aromatic carbocycles. The van der Waals surface area contributed by atoms with Crippen LogP contribution in [0.25, 0.3) is 38.0 Å². The maximum absolute atomic E-state index is 8.40. The van der Waals surface area contributed by atoms with Crippen molar-refractivity contribution in [2.24, 2.45) is 7.05 Å². The fraction of sp³-hybridized carbons (Fsp3) is 0.217. The minimum absolute atomic E-state index is 0.343. The number of aryl methyl sites for hydroxylation is 1. The van der Waals surface area contributed by atoms with Crippen LogP contribution < -0.4 is 4.57 Å². The highest BCUT2D eigenvalue weighted by Crippen LogP contribution is 2.38. The number of rotatable bonds is 2. The summed E-state index contributed by atoms with van der Waals surface area (Å²) < 4.78 is 24.8. The third-order valence-electron chi connectivity index (χ3n) is 4.86. The van der Waals surface area contributed by atoms with E-state index in [2.05, 4.69) is 10.9 Å². The minimum atomic E-state index is -0.807. The van der Waals surface area contributed by atoms with E-state index in [0.717, 1.165) is 38.7 Å². The lowest BCUT2D eigenvalue weighted by molar-refractivity contribution is -0.660. The topological polar surface area (TPSA) is 21.4 Å². The molecule has 0 bridgehead atoms. The van der Waals surface area contributed by atoms with Gasteiger partial charge in [-0.1, -0.05) is 38.1 Å². The Bertz CT molecular complexity index is 1290. The normalized spacial score (nSPS) is 12.9. The highest BCUT2D eigenvalue weighted by atomic mass is 16.3. The van der Waals surface area contributed by atoms with Crippen molar-refractivity contribution in [2.75, 3.05) is 0 Å². The summed E-state index contributed by atoms with van der Waals surface area (Å²) >= 11 is 0. The van der Waals surface area contributed by atoms with E-state index in [9.17, 15) is 0 Å². The fourth-order valence-corrected chi connectivity index (χ4v) is 3.37. The zero-order chi connectivity index (χ0) is 20.2. The highest BCUT2D eigenvalue weighted by molar-refractivity contribution is 6.10. The zero-order valence-corrected chi connectivity index (χ0v) is 15.3. The molecule has 4 rings (SSSR count). The zero-order valence-electron chi connectivity index (χ0n) is 17.3. The van der Waals surface area contributed by atoms with Gasteiger partial charge in [0.1, 0.15) is 19.6 Å². The highest BCUT2D eigenvalue weighted by Gasteiger charge is 2.21. The van der Waals surface area contributed by atoms with Crippen LogP contribution in [-0.4, -0.2) is 0 Å². The average molecular weight is 343 g/mol. The lowest BCUT2D eigenvalue weighted by Gasteiger charge is -2.09. The Morgan fingerprint density at radius 1 is 1.15 bits per heavy atom. The predicted octanol–water partition coefficient (Wildman–Crippen LogP) is 6.06. The van der Waals surface area contributed by atoms with Gasteiger partial charge in [0.15, 0.2) is 11.9 Å². The molecule has 3 nitrogen and oxygen atoms in total. The SMILES string of the molecule is [2H]c1cc(C([2H])(C)C)cc(-c2c(C)ccc3c2oc2cc([N+]#[C-])ccc23)[n+]1C. The smallest absolute Gasteiger partial charge is 0.216 e. The van der Waals surface area contributed by atoms with Crippen LogP contribution >= 0.6 is 0 Å². The van der Waals surface area contributed by atoms with Crippen LogP contribution in [0.1, 0.15) is 33.6 Å². The van der Waals surface area contributed by atoms with Gasteiger partial charge in [0.2, 0.25) is 5.69 Å². The number of hydrogen-bond acceptors (Lipinski definition) is 1. The number of aromatic nitrogens is 1. The molecule has 26 heavy (non-hydrogen) atoms. The van der Waals surface area contributed by atoms with E-state index in [-0.39, 0.29) is 0 Å². The Morgan fingerprint density at radius 2 is 1.92 bits per heavy atom. The Hall–Kier alpha value is -3.12. The molecule has 0 saturated heterocycles. The largest absolute Gasteiger partial charge is 0.456 e. The standard InChI is InChI=1S/C23H21N2O/c1-14(2)16-10-11-25(5)20(12-16)22-15(3)6-8-19-18-9-7-17(24-4)13-21(18)26-23(19)22/h6-14H,1-3,5H3/q+1/i11D,14D. The van der Waals surface area contributed by atoms with Gasteiger partial charge in [0, 0.05) is 24.3 Å². The second-order valence-corrected chi connectivity index (χ2v) is 6.85. The maximum atomic E-state index is 8.40. The summed E-state index contributed by atoms with van der Waals surface area (Å²) in [6.45, 7) is 12.9. The second kappa shape index (κ2) is 6.00. The van der Waals surface area contributed by atoms with E-state index >= 15 is 0 Å². The van der Waals surface area contributed by atoms with Gasteiger partial charge in [0.25, 0.3) is 0 Å². The minimum Gasteiger partial charge on any atom is -0.456 e. The van der Waals surface area contributed by atoms with Crippen molar-refractivity contribution in [2.45, 2.75) is 26.7 Å². The number of nitrogens with zero attached hydrogens (tertiary/aromatic N) is 2. The summed E-state index contributed by atoms with van der Waals surface area (Å²) in [5.74, 6) is -0.807. The first kappa shape index (κ1) is 14.1. The van der Waals surface area contributed by atoms with E-state index in [1.807, 2.05) is 50.6 Å². The van der Waals surface area contributed by atoms with Gasteiger partial charge in [-0.2, -0.15) is 0 Å². The summed E-state index contributed by atoms with van der Waals surface area (Å²) in [6, 6.07) is 13.3. The maximum Gasteiger partial charge on any atom is 0.216 e. The fourth-order valence-electron chi connectivity index (χ4n) is 3.37. The number of hydrogen-bond donors (Lipinski definition) is 0. The quantitative estimate of drug-likeness (QED) is 0.320. The molecule has 0 N–H and O–H groups in total. The third kappa shape index (κ3) is 2.46. The van der Waals surface area contributed by atoms with Gasteiger partial charge in [0.05, 0.1) is 12.1 Å². The molecular weight excluding hydrogens is 320 g/mol. The number of furan rings is 1. The molecule has 0 aliphatic carbocycles. The second-order valence-electron chi connectivity index (χ2n) is 6.85. The van der Waals surface area contributed by atoms with Gasteiger partial charge in [-0.15, -0.1) is 0 Å². The summed E-state index contributed by atoms with van der Waals surface area (Å²) in [4.78, 5) is 3.49. The van der Waals surface area contributed by atoms with Crippen molar-refractivity contribution in [3.63, 3.8) is 0 Å². The van der Waals surface area contributed by atoms with Crippen molar-refractivity contribution >= 4 is 27.6 Å². The molecule has 0 aliphatic rings. The van der Waals surface area contributed by atoms with Crippen LogP contribution in [0.5, 0.6) is 0 Å².